The van der Waals surface area contributed by atoms with E-state index in [1.54, 1.807) is 0 Å². The topological polar surface area (TPSA) is 38.0 Å². The zero-order chi connectivity index (χ0) is 8.39. The van der Waals surface area contributed by atoms with Crippen molar-refractivity contribution in [1.82, 2.24) is 9.55 Å². The monoisotopic (exact) mass is 161 g/mol. The van der Waals surface area contributed by atoms with Crippen LogP contribution in [0.3, 0.4) is 0 Å². The standard InChI is InChI=1S/C9H9N2O/c12-6-5-11-7-10-8-3-1-2-4-9(8)11/h1-4,12H,5-6H2. The molecule has 0 fully saturated rings. The van der Waals surface area contributed by atoms with Gasteiger partial charge in [0, 0.05) is 6.54 Å². The molecular weight excluding hydrogens is 152 g/mol. The zero-order valence-corrected chi connectivity index (χ0v) is 6.57. The van der Waals surface area contributed by atoms with Crippen LogP contribution in [0.5, 0.6) is 0 Å². The molecule has 1 aromatic heterocycles. The molecule has 0 spiro atoms. The summed E-state index contributed by atoms with van der Waals surface area (Å²) >= 11 is 0. The number of para-hydroxylation sites is 2. The third kappa shape index (κ3) is 1.08. The summed E-state index contributed by atoms with van der Waals surface area (Å²) in [5, 5.41) is 8.73. The summed E-state index contributed by atoms with van der Waals surface area (Å²) in [6, 6.07) is 7.78. The highest BCUT2D eigenvalue weighted by Gasteiger charge is 1.99. The molecule has 61 valence electrons. The van der Waals surface area contributed by atoms with E-state index in [0.29, 0.717) is 6.54 Å². The number of aliphatic hydroxyl groups excluding tert-OH is 1. The van der Waals surface area contributed by atoms with E-state index >= 15 is 0 Å². The number of rotatable bonds is 2. The van der Waals surface area contributed by atoms with Crippen LogP contribution in [0, 0.1) is 6.33 Å². The number of imidazole rings is 1. The Labute approximate surface area is 70.3 Å². The summed E-state index contributed by atoms with van der Waals surface area (Å²) < 4.78 is 1.81. The lowest BCUT2D eigenvalue weighted by Gasteiger charge is -1.98. The molecule has 0 aliphatic carbocycles. The Morgan fingerprint density at radius 3 is 3.08 bits per heavy atom. The smallest absolute Gasteiger partial charge is 0.177 e. The molecule has 0 saturated carbocycles. The lowest BCUT2D eigenvalue weighted by atomic mass is 10.3. The molecule has 12 heavy (non-hydrogen) atoms. The van der Waals surface area contributed by atoms with E-state index in [1.165, 1.54) is 0 Å². The SMILES string of the molecule is OCCn1[c]nc2ccccc21. The number of hydrogen-bond donors (Lipinski definition) is 1. The van der Waals surface area contributed by atoms with Gasteiger partial charge in [-0.05, 0) is 12.1 Å². The Hall–Kier alpha value is -1.35. The fraction of sp³-hybridized carbons (Fsp3) is 0.222. The molecule has 2 aromatic rings. The Balaban J connectivity index is 2.55. The van der Waals surface area contributed by atoms with Gasteiger partial charge in [0.2, 0.25) is 0 Å². The van der Waals surface area contributed by atoms with Gasteiger partial charge < -0.3 is 9.67 Å². The van der Waals surface area contributed by atoms with Crippen molar-refractivity contribution in [2.75, 3.05) is 6.61 Å². The molecule has 1 heterocycles. The lowest BCUT2D eigenvalue weighted by Crippen LogP contribution is -1.99. The maximum atomic E-state index is 8.73. The first-order valence-corrected chi connectivity index (χ1v) is 3.85. The molecule has 2 rings (SSSR count). The average Bonchev–Trinajstić information content (AvgIpc) is 2.50. The van der Waals surface area contributed by atoms with Crippen LogP contribution < -0.4 is 0 Å². The van der Waals surface area contributed by atoms with Crippen molar-refractivity contribution in [3.63, 3.8) is 0 Å². The zero-order valence-electron chi connectivity index (χ0n) is 6.57. The third-order valence-corrected chi connectivity index (χ3v) is 1.79. The minimum atomic E-state index is 0.122. The van der Waals surface area contributed by atoms with Gasteiger partial charge in [-0.1, -0.05) is 12.1 Å². The van der Waals surface area contributed by atoms with Gasteiger partial charge in [0.25, 0.3) is 0 Å². The Kier molecular flexibility index (Phi) is 1.80. The minimum absolute atomic E-state index is 0.122. The van der Waals surface area contributed by atoms with Crippen LogP contribution >= 0.6 is 0 Å². The van der Waals surface area contributed by atoms with E-state index in [-0.39, 0.29) is 6.61 Å². The lowest BCUT2D eigenvalue weighted by molar-refractivity contribution is 0.277. The maximum absolute atomic E-state index is 8.73. The number of fused-ring (bicyclic) bond motifs is 1. The predicted molar refractivity (Wildman–Crippen MR) is 45.7 cm³/mol. The second-order valence-corrected chi connectivity index (χ2v) is 2.58. The number of benzene rings is 1. The molecular formula is C9H9N2O. The molecule has 0 saturated heterocycles. The second-order valence-electron chi connectivity index (χ2n) is 2.58. The molecule has 0 aliphatic rings. The Bertz CT molecular complexity index is 381. The summed E-state index contributed by atoms with van der Waals surface area (Å²) in [5.41, 5.74) is 1.94. The van der Waals surface area contributed by atoms with Crippen LogP contribution in [0.4, 0.5) is 0 Å². The molecule has 0 unspecified atom stereocenters. The molecule has 0 atom stereocenters. The van der Waals surface area contributed by atoms with E-state index in [9.17, 15) is 0 Å². The summed E-state index contributed by atoms with van der Waals surface area (Å²) in [7, 11) is 0. The Morgan fingerprint density at radius 2 is 2.25 bits per heavy atom. The van der Waals surface area contributed by atoms with Crippen LogP contribution in [-0.2, 0) is 6.54 Å². The van der Waals surface area contributed by atoms with Crippen molar-refractivity contribution in [2.45, 2.75) is 6.54 Å². The molecule has 1 N–H and O–H groups in total. The van der Waals surface area contributed by atoms with Crippen molar-refractivity contribution >= 4 is 11.0 Å². The highest BCUT2D eigenvalue weighted by atomic mass is 16.3. The quantitative estimate of drug-likeness (QED) is 0.708. The average molecular weight is 161 g/mol. The second kappa shape index (κ2) is 2.95. The number of nitrogens with zero attached hydrogens (tertiary/aromatic N) is 2. The highest BCUT2D eigenvalue weighted by molar-refractivity contribution is 5.74. The van der Waals surface area contributed by atoms with Crippen LogP contribution in [0.15, 0.2) is 24.3 Å². The van der Waals surface area contributed by atoms with Crippen LogP contribution in [0.1, 0.15) is 0 Å². The number of aromatic nitrogens is 2. The number of aliphatic hydroxyl groups is 1. The first-order valence-electron chi connectivity index (χ1n) is 3.85. The van der Waals surface area contributed by atoms with Crippen LogP contribution in [0.2, 0.25) is 0 Å². The molecule has 1 radical (unpaired) electrons. The first kappa shape index (κ1) is 7.31. The summed E-state index contributed by atoms with van der Waals surface area (Å²) in [5.74, 6) is 0. The summed E-state index contributed by atoms with van der Waals surface area (Å²) in [6.07, 6.45) is 2.82. The van der Waals surface area contributed by atoms with Gasteiger partial charge in [0.1, 0.15) is 0 Å². The van der Waals surface area contributed by atoms with E-state index in [0.717, 1.165) is 11.0 Å². The van der Waals surface area contributed by atoms with Crippen molar-refractivity contribution < 1.29 is 5.11 Å². The molecule has 1 aromatic carbocycles. The molecule has 3 heteroatoms. The van der Waals surface area contributed by atoms with E-state index < -0.39 is 0 Å². The fourth-order valence-corrected chi connectivity index (χ4v) is 1.23. The van der Waals surface area contributed by atoms with Crippen molar-refractivity contribution in [3.8, 4) is 0 Å². The maximum Gasteiger partial charge on any atom is 0.177 e. The van der Waals surface area contributed by atoms with Crippen molar-refractivity contribution in [3.05, 3.63) is 30.6 Å². The molecule has 0 bridgehead atoms. The first-order chi connectivity index (χ1) is 5.92. The largest absolute Gasteiger partial charge is 0.395 e. The fourth-order valence-electron chi connectivity index (χ4n) is 1.23. The predicted octanol–water partition coefficient (Wildman–Crippen LogP) is 0.829. The van der Waals surface area contributed by atoms with Gasteiger partial charge >= 0.3 is 0 Å². The Morgan fingerprint density at radius 1 is 1.42 bits per heavy atom. The molecule has 0 aliphatic heterocycles. The van der Waals surface area contributed by atoms with Gasteiger partial charge in [-0.15, -0.1) is 0 Å². The highest BCUT2D eigenvalue weighted by Crippen LogP contribution is 2.10. The minimum Gasteiger partial charge on any atom is -0.395 e. The third-order valence-electron chi connectivity index (χ3n) is 1.79. The van der Waals surface area contributed by atoms with Gasteiger partial charge in [-0.25, -0.2) is 4.98 Å². The van der Waals surface area contributed by atoms with Gasteiger partial charge in [0.15, 0.2) is 6.33 Å². The van der Waals surface area contributed by atoms with Crippen LogP contribution in [-0.4, -0.2) is 21.3 Å². The number of hydrogen-bond acceptors (Lipinski definition) is 2. The summed E-state index contributed by atoms with van der Waals surface area (Å²) in [4.78, 5) is 4.06. The van der Waals surface area contributed by atoms with Gasteiger partial charge in [-0.3, -0.25) is 0 Å². The van der Waals surface area contributed by atoms with E-state index in [2.05, 4.69) is 11.3 Å². The van der Waals surface area contributed by atoms with E-state index in [4.69, 9.17) is 5.11 Å². The van der Waals surface area contributed by atoms with Gasteiger partial charge in [0.05, 0.1) is 17.6 Å². The molecule has 3 nitrogen and oxygen atoms in total. The van der Waals surface area contributed by atoms with E-state index in [1.807, 2.05) is 28.8 Å². The molecule has 0 amide bonds. The van der Waals surface area contributed by atoms with Crippen molar-refractivity contribution in [1.29, 1.82) is 0 Å². The van der Waals surface area contributed by atoms with Crippen molar-refractivity contribution in [2.24, 2.45) is 0 Å². The normalized spacial score (nSPS) is 10.8. The summed E-state index contributed by atoms with van der Waals surface area (Å²) in [6.45, 7) is 0.678. The van der Waals surface area contributed by atoms with Crippen LogP contribution in [0.25, 0.3) is 11.0 Å². The van der Waals surface area contributed by atoms with Gasteiger partial charge in [-0.2, -0.15) is 0 Å².